The van der Waals surface area contributed by atoms with Crippen molar-refractivity contribution >= 4 is 52.3 Å². The van der Waals surface area contributed by atoms with Crippen molar-refractivity contribution in [2.45, 2.75) is 13.2 Å². The number of halogens is 4. The van der Waals surface area contributed by atoms with Crippen molar-refractivity contribution in [1.82, 2.24) is 10.2 Å². The summed E-state index contributed by atoms with van der Waals surface area (Å²) in [6.45, 7) is 3.38. The van der Waals surface area contributed by atoms with E-state index in [2.05, 4.69) is 52.4 Å². The van der Waals surface area contributed by atoms with Crippen LogP contribution >= 0.6 is 52.3 Å². The zero-order valence-electron chi connectivity index (χ0n) is 14.3. The molecule has 0 fully saturated rings. The van der Waals surface area contributed by atoms with Crippen molar-refractivity contribution in [2.75, 3.05) is 27.2 Å². The Morgan fingerprint density at radius 1 is 1.04 bits per heavy atom. The molecule has 0 saturated carbocycles. The van der Waals surface area contributed by atoms with Gasteiger partial charge in [-0.2, -0.15) is 0 Å². The lowest BCUT2D eigenvalue weighted by molar-refractivity contribution is 0.304. The molecule has 2 rings (SSSR count). The van der Waals surface area contributed by atoms with Crippen LogP contribution in [0.1, 0.15) is 11.1 Å². The zero-order valence-corrected chi connectivity index (χ0v) is 18.3. The first-order chi connectivity index (χ1) is 11.0. The molecule has 0 heterocycles. The van der Waals surface area contributed by atoms with E-state index in [4.69, 9.17) is 16.3 Å². The van der Waals surface area contributed by atoms with Gasteiger partial charge in [-0.25, -0.2) is 0 Å². The molecule has 0 aliphatic rings. The van der Waals surface area contributed by atoms with Crippen LogP contribution in [0.5, 0.6) is 5.75 Å². The van der Waals surface area contributed by atoms with Gasteiger partial charge >= 0.3 is 0 Å². The fourth-order valence-electron chi connectivity index (χ4n) is 2.05. The van der Waals surface area contributed by atoms with Gasteiger partial charge < -0.3 is 15.0 Å². The minimum Gasteiger partial charge on any atom is -0.488 e. The Morgan fingerprint density at radius 2 is 1.68 bits per heavy atom. The lowest BCUT2D eigenvalue weighted by atomic mass is 10.2. The van der Waals surface area contributed by atoms with Crippen molar-refractivity contribution in [3.8, 4) is 5.75 Å². The van der Waals surface area contributed by atoms with E-state index in [1.54, 1.807) is 0 Å². The molecule has 0 amide bonds. The van der Waals surface area contributed by atoms with E-state index in [-0.39, 0.29) is 24.8 Å². The van der Waals surface area contributed by atoms with E-state index in [1.165, 1.54) is 5.56 Å². The second-order valence-corrected chi connectivity index (χ2v) is 6.95. The van der Waals surface area contributed by atoms with Gasteiger partial charge in [0.2, 0.25) is 0 Å². The maximum Gasteiger partial charge on any atom is 0.134 e. The van der Waals surface area contributed by atoms with Crippen molar-refractivity contribution in [3.63, 3.8) is 0 Å². The SMILES string of the molecule is CN(C)CCNCc1ccc(OCc2ccc(Cl)cc2)c(Br)c1.Cl.Cl. The third-order valence-electron chi connectivity index (χ3n) is 3.37. The van der Waals surface area contributed by atoms with Gasteiger partial charge in [-0.05, 0) is 65.4 Å². The van der Waals surface area contributed by atoms with E-state index in [1.807, 2.05) is 30.3 Å². The quantitative estimate of drug-likeness (QED) is 0.538. The lowest BCUT2D eigenvalue weighted by Crippen LogP contribution is -2.26. The fourth-order valence-corrected chi connectivity index (χ4v) is 2.72. The standard InChI is InChI=1S/C18H22BrClN2O.2ClH/c1-22(2)10-9-21-12-15-5-8-18(17(19)11-15)23-13-14-3-6-16(20)7-4-14;;/h3-8,11,21H,9-10,12-13H2,1-2H3;2*1H. The van der Waals surface area contributed by atoms with Crippen LogP contribution < -0.4 is 10.1 Å². The summed E-state index contributed by atoms with van der Waals surface area (Å²) in [5.41, 5.74) is 2.32. The maximum absolute atomic E-state index is 5.88. The monoisotopic (exact) mass is 468 g/mol. The molecule has 140 valence electrons. The van der Waals surface area contributed by atoms with Crippen LogP contribution in [-0.2, 0) is 13.2 Å². The molecule has 2 aromatic rings. The number of nitrogens with zero attached hydrogens (tertiary/aromatic N) is 1. The molecule has 0 aliphatic heterocycles. The van der Waals surface area contributed by atoms with Gasteiger partial charge in [-0.3, -0.25) is 0 Å². The van der Waals surface area contributed by atoms with Crippen LogP contribution in [0.25, 0.3) is 0 Å². The van der Waals surface area contributed by atoms with Crippen LogP contribution in [-0.4, -0.2) is 32.1 Å². The van der Waals surface area contributed by atoms with Gasteiger partial charge in [0.05, 0.1) is 4.47 Å². The molecule has 0 aliphatic carbocycles. The summed E-state index contributed by atoms with van der Waals surface area (Å²) in [6, 6.07) is 13.9. The number of hydrogen-bond donors (Lipinski definition) is 1. The Labute approximate surface area is 176 Å². The van der Waals surface area contributed by atoms with Gasteiger partial charge in [-0.1, -0.05) is 29.8 Å². The molecule has 1 N–H and O–H groups in total. The number of likely N-dealkylation sites (N-methyl/N-ethyl adjacent to an activating group) is 1. The van der Waals surface area contributed by atoms with Crippen molar-refractivity contribution in [3.05, 3.63) is 63.1 Å². The van der Waals surface area contributed by atoms with E-state index in [9.17, 15) is 0 Å². The molecule has 3 nitrogen and oxygen atoms in total. The second kappa shape index (κ2) is 12.8. The smallest absolute Gasteiger partial charge is 0.134 e. The average Bonchev–Trinajstić information content (AvgIpc) is 2.52. The molecule has 0 radical (unpaired) electrons. The average molecular weight is 471 g/mol. The maximum atomic E-state index is 5.88. The molecule has 0 unspecified atom stereocenters. The highest BCUT2D eigenvalue weighted by atomic mass is 79.9. The second-order valence-electron chi connectivity index (χ2n) is 5.66. The van der Waals surface area contributed by atoms with Crippen LogP contribution in [0.4, 0.5) is 0 Å². The summed E-state index contributed by atoms with van der Waals surface area (Å²) in [7, 11) is 4.15. The molecule has 0 aromatic heterocycles. The largest absolute Gasteiger partial charge is 0.488 e. The summed E-state index contributed by atoms with van der Waals surface area (Å²) in [5, 5.41) is 4.16. The molecule has 0 bridgehead atoms. The van der Waals surface area contributed by atoms with Crippen LogP contribution in [0.2, 0.25) is 5.02 Å². The number of nitrogens with one attached hydrogen (secondary N) is 1. The molecule has 25 heavy (non-hydrogen) atoms. The van der Waals surface area contributed by atoms with E-state index < -0.39 is 0 Å². The minimum absolute atomic E-state index is 0. The van der Waals surface area contributed by atoms with Gasteiger partial charge in [0.15, 0.2) is 0 Å². The van der Waals surface area contributed by atoms with Crippen LogP contribution in [0.3, 0.4) is 0 Å². The zero-order chi connectivity index (χ0) is 16.7. The summed E-state index contributed by atoms with van der Waals surface area (Å²) in [5.74, 6) is 0.844. The number of benzene rings is 2. The van der Waals surface area contributed by atoms with Crippen LogP contribution in [0, 0.1) is 0 Å². The van der Waals surface area contributed by atoms with E-state index in [0.717, 1.165) is 40.4 Å². The van der Waals surface area contributed by atoms with Gasteiger partial charge in [-0.15, -0.1) is 24.8 Å². The summed E-state index contributed by atoms with van der Waals surface area (Å²) in [6.07, 6.45) is 0. The Balaban J connectivity index is 0.00000288. The highest BCUT2D eigenvalue weighted by molar-refractivity contribution is 9.10. The van der Waals surface area contributed by atoms with E-state index >= 15 is 0 Å². The first kappa shape index (κ1) is 24.5. The third kappa shape index (κ3) is 9.13. The van der Waals surface area contributed by atoms with Gasteiger partial charge in [0.25, 0.3) is 0 Å². The molecule has 0 spiro atoms. The van der Waals surface area contributed by atoms with Crippen LogP contribution in [0.15, 0.2) is 46.9 Å². The van der Waals surface area contributed by atoms with Gasteiger partial charge in [0.1, 0.15) is 12.4 Å². The molecule has 0 saturated heterocycles. The molecular weight excluding hydrogens is 446 g/mol. The predicted octanol–water partition coefficient (Wildman–Crippen LogP) is 5.18. The summed E-state index contributed by atoms with van der Waals surface area (Å²) < 4.78 is 6.83. The summed E-state index contributed by atoms with van der Waals surface area (Å²) in [4.78, 5) is 2.16. The number of ether oxygens (including phenoxy) is 1. The van der Waals surface area contributed by atoms with E-state index in [0.29, 0.717) is 6.61 Å². The predicted molar refractivity (Wildman–Crippen MR) is 115 cm³/mol. The van der Waals surface area contributed by atoms with Crippen molar-refractivity contribution < 1.29 is 4.74 Å². The molecule has 0 atom stereocenters. The highest BCUT2D eigenvalue weighted by Gasteiger charge is 2.04. The van der Waals surface area contributed by atoms with Gasteiger partial charge in [0, 0.05) is 24.7 Å². The summed E-state index contributed by atoms with van der Waals surface area (Å²) >= 11 is 9.47. The Bertz CT molecular complexity index is 624. The topological polar surface area (TPSA) is 24.5 Å². The fraction of sp³-hybridized carbons (Fsp3) is 0.333. The highest BCUT2D eigenvalue weighted by Crippen LogP contribution is 2.27. The normalized spacial score (nSPS) is 10.1. The molecule has 2 aromatic carbocycles. The minimum atomic E-state index is 0. The lowest BCUT2D eigenvalue weighted by Gasteiger charge is -2.12. The molecule has 7 heteroatoms. The number of rotatable bonds is 8. The first-order valence-electron chi connectivity index (χ1n) is 7.56. The Hall–Kier alpha value is -0.490. The number of hydrogen-bond acceptors (Lipinski definition) is 3. The Kier molecular flexibility index (Phi) is 12.5. The molecular formula is C18H24BrCl3N2O. The third-order valence-corrected chi connectivity index (χ3v) is 4.24. The van der Waals surface area contributed by atoms with Crippen molar-refractivity contribution in [2.24, 2.45) is 0 Å². The van der Waals surface area contributed by atoms with Crippen molar-refractivity contribution in [1.29, 1.82) is 0 Å². The Morgan fingerprint density at radius 3 is 2.28 bits per heavy atom. The first-order valence-corrected chi connectivity index (χ1v) is 8.73.